The number of likely N-dealkylation sites (tertiary alicyclic amines) is 1. The molecule has 0 atom stereocenters. The molecule has 4 nitrogen and oxygen atoms in total. The van der Waals surface area contributed by atoms with Gasteiger partial charge < -0.3 is 10.6 Å². The van der Waals surface area contributed by atoms with E-state index in [1.54, 1.807) is 19.0 Å². The van der Waals surface area contributed by atoms with Crippen LogP contribution in [0.15, 0.2) is 0 Å². The van der Waals surface area contributed by atoms with Crippen LogP contribution in [0, 0.1) is 5.92 Å². The van der Waals surface area contributed by atoms with E-state index in [0.717, 1.165) is 13.1 Å². The first-order valence-electron chi connectivity index (χ1n) is 5.06. The molecule has 1 amide bonds. The molecular formula is C10H21N3O. The number of nitrogens with two attached hydrogens (primary N) is 1. The van der Waals surface area contributed by atoms with Crippen molar-refractivity contribution in [1.82, 2.24) is 9.80 Å². The lowest BCUT2D eigenvalue weighted by Gasteiger charge is -2.50. The molecule has 4 heteroatoms. The van der Waals surface area contributed by atoms with Gasteiger partial charge in [-0.15, -0.1) is 0 Å². The topological polar surface area (TPSA) is 49.6 Å². The fourth-order valence-electron chi connectivity index (χ4n) is 1.60. The summed E-state index contributed by atoms with van der Waals surface area (Å²) in [6.45, 7) is 6.43. The van der Waals surface area contributed by atoms with E-state index in [2.05, 4.69) is 18.7 Å². The summed E-state index contributed by atoms with van der Waals surface area (Å²) in [5.41, 5.74) is 6.04. The number of rotatable bonds is 3. The Labute approximate surface area is 86.0 Å². The number of hydrogen-bond donors (Lipinski definition) is 1. The van der Waals surface area contributed by atoms with Crippen LogP contribution in [0.2, 0.25) is 0 Å². The Hall–Kier alpha value is -0.610. The van der Waals surface area contributed by atoms with E-state index < -0.39 is 0 Å². The standard InChI is InChI=1S/C10H21N3O/c1-8(2)10(11)6-13(7-10)5-9(14)12(3)4/h8H,5-7,11H2,1-4H3. The highest BCUT2D eigenvalue weighted by Crippen LogP contribution is 2.25. The number of carbonyl (C=O) groups excluding carboxylic acids is 1. The van der Waals surface area contributed by atoms with Crippen molar-refractivity contribution >= 4 is 5.91 Å². The minimum absolute atomic E-state index is 0.0768. The highest BCUT2D eigenvalue weighted by Gasteiger charge is 2.42. The number of carbonyl (C=O) groups is 1. The molecule has 82 valence electrons. The second-order valence-electron chi connectivity index (χ2n) is 4.82. The van der Waals surface area contributed by atoms with Gasteiger partial charge in [0.1, 0.15) is 0 Å². The lowest BCUT2D eigenvalue weighted by Crippen LogP contribution is -2.70. The molecule has 2 N–H and O–H groups in total. The molecular weight excluding hydrogens is 178 g/mol. The minimum Gasteiger partial charge on any atom is -0.348 e. The Kier molecular flexibility index (Phi) is 3.17. The molecule has 14 heavy (non-hydrogen) atoms. The zero-order valence-electron chi connectivity index (χ0n) is 9.58. The van der Waals surface area contributed by atoms with Crippen LogP contribution in [-0.2, 0) is 4.79 Å². The molecule has 0 aromatic heterocycles. The summed E-state index contributed by atoms with van der Waals surface area (Å²) < 4.78 is 0. The van der Waals surface area contributed by atoms with E-state index in [-0.39, 0.29) is 11.4 Å². The van der Waals surface area contributed by atoms with Gasteiger partial charge in [0.05, 0.1) is 6.54 Å². The SMILES string of the molecule is CC(C)C1(N)CN(CC(=O)N(C)C)C1. The summed E-state index contributed by atoms with van der Waals surface area (Å²) in [7, 11) is 3.56. The summed E-state index contributed by atoms with van der Waals surface area (Å²) >= 11 is 0. The zero-order valence-corrected chi connectivity index (χ0v) is 9.58. The summed E-state index contributed by atoms with van der Waals surface area (Å²) in [6, 6.07) is 0. The molecule has 1 saturated heterocycles. The van der Waals surface area contributed by atoms with Gasteiger partial charge in [0, 0.05) is 32.7 Å². The summed E-state index contributed by atoms with van der Waals surface area (Å²) in [4.78, 5) is 15.1. The molecule has 1 aliphatic heterocycles. The zero-order chi connectivity index (χ0) is 10.9. The maximum atomic E-state index is 11.4. The van der Waals surface area contributed by atoms with Crippen LogP contribution in [0.1, 0.15) is 13.8 Å². The Morgan fingerprint density at radius 3 is 2.36 bits per heavy atom. The van der Waals surface area contributed by atoms with Crippen molar-refractivity contribution in [2.24, 2.45) is 11.7 Å². The van der Waals surface area contributed by atoms with Crippen LogP contribution < -0.4 is 5.73 Å². The largest absolute Gasteiger partial charge is 0.348 e. The first-order chi connectivity index (χ1) is 6.35. The van der Waals surface area contributed by atoms with Crippen LogP contribution in [0.4, 0.5) is 0 Å². The highest BCUT2D eigenvalue weighted by molar-refractivity contribution is 5.77. The van der Waals surface area contributed by atoms with E-state index >= 15 is 0 Å². The third kappa shape index (κ3) is 2.25. The Bertz CT molecular complexity index is 219. The van der Waals surface area contributed by atoms with Crippen molar-refractivity contribution in [3.8, 4) is 0 Å². The monoisotopic (exact) mass is 199 g/mol. The quantitative estimate of drug-likeness (QED) is 0.681. The highest BCUT2D eigenvalue weighted by atomic mass is 16.2. The summed E-state index contributed by atoms with van der Waals surface area (Å²) in [5, 5.41) is 0. The number of amides is 1. The summed E-state index contributed by atoms with van der Waals surface area (Å²) in [6.07, 6.45) is 0. The van der Waals surface area contributed by atoms with Crippen molar-refractivity contribution in [1.29, 1.82) is 0 Å². The molecule has 1 fully saturated rings. The maximum Gasteiger partial charge on any atom is 0.236 e. The van der Waals surface area contributed by atoms with Gasteiger partial charge in [-0.1, -0.05) is 13.8 Å². The third-order valence-corrected chi connectivity index (χ3v) is 3.04. The Morgan fingerprint density at radius 2 is 2.00 bits per heavy atom. The van der Waals surface area contributed by atoms with E-state index in [1.807, 2.05) is 0 Å². The fourth-order valence-corrected chi connectivity index (χ4v) is 1.60. The van der Waals surface area contributed by atoms with Crippen molar-refractivity contribution < 1.29 is 4.79 Å². The molecule has 1 aliphatic rings. The number of hydrogen-bond acceptors (Lipinski definition) is 3. The molecule has 0 unspecified atom stereocenters. The van der Waals surface area contributed by atoms with Gasteiger partial charge in [-0.05, 0) is 5.92 Å². The van der Waals surface area contributed by atoms with Crippen LogP contribution in [-0.4, -0.2) is 55.0 Å². The normalized spacial score (nSPS) is 20.7. The molecule has 0 aromatic carbocycles. The van der Waals surface area contributed by atoms with E-state index in [1.165, 1.54) is 0 Å². The van der Waals surface area contributed by atoms with E-state index in [0.29, 0.717) is 12.5 Å². The first kappa shape index (κ1) is 11.5. The van der Waals surface area contributed by atoms with E-state index in [9.17, 15) is 4.79 Å². The van der Waals surface area contributed by atoms with Gasteiger partial charge in [0.15, 0.2) is 0 Å². The molecule has 0 aliphatic carbocycles. The molecule has 0 radical (unpaired) electrons. The maximum absolute atomic E-state index is 11.4. The minimum atomic E-state index is -0.0768. The average Bonchev–Trinajstić information content (AvgIpc) is 2.00. The molecule has 0 bridgehead atoms. The van der Waals surface area contributed by atoms with Gasteiger partial charge in [-0.3, -0.25) is 9.69 Å². The van der Waals surface area contributed by atoms with Gasteiger partial charge in [0.2, 0.25) is 5.91 Å². The van der Waals surface area contributed by atoms with Crippen molar-refractivity contribution in [3.05, 3.63) is 0 Å². The lowest BCUT2D eigenvalue weighted by molar-refractivity contribution is -0.132. The average molecular weight is 199 g/mol. The molecule has 1 heterocycles. The van der Waals surface area contributed by atoms with Crippen molar-refractivity contribution in [3.63, 3.8) is 0 Å². The fraction of sp³-hybridized carbons (Fsp3) is 0.900. The van der Waals surface area contributed by atoms with Crippen LogP contribution >= 0.6 is 0 Å². The van der Waals surface area contributed by atoms with Crippen LogP contribution in [0.25, 0.3) is 0 Å². The molecule has 0 saturated carbocycles. The van der Waals surface area contributed by atoms with Crippen molar-refractivity contribution in [2.45, 2.75) is 19.4 Å². The predicted molar refractivity (Wildman–Crippen MR) is 56.9 cm³/mol. The lowest BCUT2D eigenvalue weighted by atomic mass is 9.80. The summed E-state index contributed by atoms with van der Waals surface area (Å²) in [5.74, 6) is 0.629. The van der Waals surface area contributed by atoms with Gasteiger partial charge in [-0.2, -0.15) is 0 Å². The van der Waals surface area contributed by atoms with Gasteiger partial charge in [-0.25, -0.2) is 0 Å². The van der Waals surface area contributed by atoms with Gasteiger partial charge >= 0.3 is 0 Å². The number of likely N-dealkylation sites (N-methyl/N-ethyl adjacent to an activating group) is 1. The number of nitrogens with zero attached hydrogens (tertiary/aromatic N) is 2. The molecule has 1 rings (SSSR count). The predicted octanol–water partition coefficient (Wildman–Crippen LogP) is -0.256. The van der Waals surface area contributed by atoms with E-state index in [4.69, 9.17) is 5.73 Å². The molecule has 0 spiro atoms. The van der Waals surface area contributed by atoms with Crippen LogP contribution in [0.3, 0.4) is 0 Å². The second kappa shape index (κ2) is 3.87. The van der Waals surface area contributed by atoms with Crippen molar-refractivity contribution in [2.75, 3.05) is 33.7 Å². The Balaban J connectivity index is 2.32. The first-order valence-corrected chi connectivity index (χ1v) is 5.06. The van der Waals surface area contributed by atoms with Crippen LogP contribution in [0.5, 0.6) is 0 Å². The van der Waals surface area contributed by atoms with Gasteiger partial charge in [0.25, 0.3) is 0 Å². The Morgan fingerprint density at radius 1 is 1.50 bits per heavy atom. The molecule has 0 aromatic rings. The smallest absolute Gasteiger partial charge is 0.236 e. The third-order valence-electron chi connectivity index (χ3n) is 3.04. The second-order valence-corrected chi connectivity index (χ2v) is 4.82.